The fraction of sp³-hybridized carbons (Fsp3) is 0.909. The van der Waals surface area contributed by atoms with Crippen LogP contribution in [0.4, 0.5) is 17.6 Å². The van der Waals surface area contributed by atoms with E-state index in [2.05, 4.69) is 10.3 Å². The zero-order valence-corrected chi connectivity index (χ0v) is 11.5. The van der Waals surface area contributed by atoms with Gasteiger partial charge in [0.15, 0.2) is 5.17 Å². The lowest BCUT2D eigenvalue weighted by Crippen LogP contribution is -2.46. The van der Waals surface area contributed by atoms with Gasteiger partial charge in [-0.15, -0.1) is 0 Å². The molecule has 0 bridgehead atoms. The average molecular weight is 286 g/mol. The van der Waals surface area contributed by atoms with Gasteiger partial charge >= 0.3 is 12.3 Å². The van der Waals surface area contributed by atoms with Crippen molar-refractivity contribution < 1.29 is 17.6 Å². The number of halogens is 4. The van der Waals surface area contributed by atoms with Gasteiger partial charge in [0.25, 0.3) is 0 Å². The standard InChI is InChI=1S/C11H18F4N2S/c1-10(2,3)7-4-5-18-9(17-7)16-6-11(14,15)8(12)13/h7-8H,4-6H2,1-3H3,(H,16,17). The normalized spacial score (nSPS) is 24.4. The number of rotatable bonds is 3. The Bertz CT molecular complexity index is 313. The van der Waals surface area contributed by atoms with Crippen molar-refractivity contribution in [1.82, 2.24) is 5.32 Å². The molecule has 0 aromatic carbocycles. The van der Waals surface area contributed by atoms with Crippen LogP contribution >= 0.6 is 11.8 Å². The molecule has 0 radical (unpaired) electrons. The highest BCUT2D eigenvalue weighted by atomic mass is 32.2. The van der Waals surface area contributed by atoms with Gasteiger partial charge in [0.1, 0.15) is 6.54 Å². The summed E-state index contributed by atoms with van der Waals surface area (Å²) < 4.78 is 49.4. The van der Waals surface area contributed by atoms with Crippen LogP contribution < -0.4 is 5.32 Å². The van der Waals surface area contributed by atoms with Gasteiger partial charge in [-0.1, -0.05) is 32.5 Å². The Morgan fingerprint density at radius 1 is 1.39 bits per heavy atom. The van der Waals surface area contributed by atoms with E-state index in [0.29, 0.717) is 5.17 Å². The summed E-state index contributed by atoms with van der Waals surface area (Å²) in [4.78, 5) is 3.58. The van der Waals surface area contributed by atoms with Crippen molar-refractivity contribution in [3.05, 3.63) is 0 Å². The molecule has 0 amide bonds. The fourth-order valence-corrected chi connectivity index (χ4v) is 2.45. The number of nitrogens with one attached hydrogen (secondary N) is 1. The van der Waals surface area contributed by atoms with Gasteiger partial charge in [-0.3, -0.25) is 4.99 Å². The zero-order valence-electron chi connectivity index (χ0n) is 10.6. The Morgan fingerprint density at radius 2 is 2.00 bits per heavy atom. The van der Waals surface area contributed by atoms with Crippen LogP contribution in [0.2, 0.25) is 0 Å². The van der Waals surface area contributed by atoms with Crippen molar-refractivity contribution in [2.24, 2.45) is 10.4 Å². The molecule has 0 saturated carbocycles. The first kappa shape index (κ1) is 15.6. The molecule has 1 saturated heterocycles. The highest BCUT2D eigenvalue weighted by molar-refractivity contribution is 8.13. The third-order valence-corrected chi connectivity index (χ3v) is 3.70. The van der Waals surface area contributed by atoms with Gasteiger partial charge in [-0.25, -0.2) is 8.78 Å². The number of thioether (sulfide) groups is 1. The molecular weight excluding hydrogens is 268 g/mol. The van der Waals surface area contributed by atoms with E-state index in [1.807, 2.05) is 20.8 Å². The van der Waals surface area contributed by atoms with Crippen molar-refractivity contribution in [3.8, 4) is 0 Å². The molecule has 0 aromatic heterocycles. The van der Waals surface area contributed by atoms with Gasteiger partial charge in [0.2, 0.25) is 0 Å². The molecule has 106 valence electrons. The predicted octanol–water partition coefficient (Wildman–Crippen LogP) is 3.38. The quantitative estimate of drug-likeness (QED) is 0.804. The summed E-state index contributed by atoms with van der Waals surface area (Å²) in [6.45, 7) is 4.93. The van der Waals surface area contributed by atoms with Crippen molar-refractivity contribution in [3.63, 3.8) is 0 Å². The summed E-state index contributed by atoms with van der Waals surface area (Å²) >= 11 is 1.30. The van der Waals surface area contributed by atoms with E-state index in [0.717, 1.165) is 12.2 Å². The first-order valence-corrected chi connectivity index (χ1v) is 6.71. The van der Waals surface area contributed by atoms with E-state index in [9.17, 15) is 17.6 Å². The van der Waals surface area contributed by atoms with Crippen LogP contribution in [0.3, 0.4) is 0 Å². The fourth-order valence-electron chi connectivity index (χ4n) is 1.52. The van der Waals surface area contributed by atoms with Gasteiger partial charge in [-0.2, -0.15) is 8.78 Å². The van der Waals surface area contributed by atoms with Crippen LogP contribution in [-0.2, 0) is 0 Å². The molecule has 0 spiro atoms. The summed E-state index contributed by atoms with van der Waals surface area (Å²) in [5, 5.41) is 3.37. The molecule has 1 unspecified atom stereocenters. The van der Waals surface area contributed by atoms with E-state index < -0.39 is 18.9 Å². The second-order valence-electron chi connectivity index (χ2n) is 5.38. The molecule has 1 aliphatic rings. The second-order valence-corrected chi connectivity index (χ2v) is 6.47. The van der Waals surface area contributed by atoms with E-state index in [-0.39, 0.29) is 11.5 Å². The molecule has 1 aliphatic heterocycles. The van der Waals surface area contributed by atoms with Crippen molar-refractivity contribution >= 4 is 16.9 Å². The Kier molecular flexibility index (Phi) is 4.91. The number of amidine groups is 1. The molecule has 1 fully saturated rings. The minimum atomic E-state index is -4.05. The van der Waals surface area contributed by atoms with Gasteiger partial charge in [0, 0.05) is 11.8 Å². The minimum absolute atomic E-state index is 0.0209. The molecule has 0 aromatic rings. The summed E-state index contributed by atoms with van der Waals surface area (Å²) in [7, 11) is 0. The number of aliphatic imine (C=N–C) groups is 1. The first-order chi connectivity index (χ1) is 8.13. The van der Waals surface area contributed by atoms with Crippen LogP contribution in [0.5, 0.6) is 0 Å². The molecule has 1 N–H and O–H groups in total. The number of nitrogens with zero attached hydrogens (tertiary/aromatic N) is 1. The van der Waals surface area contributed by atoms with E-state index >= 15 is 0 Å². The highest BCUT2D eigenvalue weighted by Crippen LogP contribution is 2.28. The van der Waals surface area contributed by atoms with Crippen LogP contribution in [0.1, 0.15) is 27.2 Å². The monoisotopic (exact) mass is 286 g/mol. The number of alkyl halides is 4. The lowest BCUT2D eigenvalue weighted by Gasteiger charge is -2.35. The van der Waals surface area contributed by atoms with Crippen LogP contribution in [0, 0.1) is 5.41 Å². The van der Waals surface area contributed by atoms with E-state index in [4.69, 9.17) is 0 Å². The maximum absolute atomic E-state index is 12.7. The first-order valence-electron chi connectivity index (χ1n) is 5.72. The van der Waals surface area contributed by atoms with Gasteiger partial charge in [0.05, 0.1) is 0 Å². The predicted molar refractivity (Wildman–Crippen MR) is 66.7 cm³/mol. The topological polar surface area (TPSA) is 24.4 Å². The molecular formula is C11H18F4N2S. The highest BCUT2D eigenvalue weighted by Gasteiger charge is 2.40. The van der Waals surface area contributed by atoms with Crippen molar-refractivity contribution in [2.75, 3.05) is 12.3 Å². The average Bonchev–Trinajstić information content (AvgIpc) is 2.25. The lowest BCUT2D eigenvalue weighted by molar-refractivity contribution is -0.119. The molecule has 1 rings (SSSR count). The number of hydrogen-bond acceptors (Lipinski definition) is 2. The Labute approximate surface area is 109 Å². The SMILES string of the molecule is CC(C)(C)C1CCSC(=NCC(F)(F)C(F)F)N1. The molecule has 0 aliphatic carbocycles. The summed E-state index contributed by atoms with van der Waals surface area (Å²) in [6.07, 6.45) is -2.77. The Balaban J connectivity index is 2.62. The number of hydrogen-bond donors (Lipinski definition) is 1. The van der Waals surface area contributed by atoms with Crippen molar-refractivity contribution in [1.29, 1.82) is 0 Å². The van der Waals surface area contributed by atoms with Crippen LogP contribution in [0.25, 0.3) is 0 Å². The molecule has 1 atom stereocenters. The smallest absolute Gasteiger partial charge is 0.326 e. The lowest BCUT2D eigenvalue weighted by atomic mass is 9.85. The second kappa shape index (κ2) is 5.67. The minimum Gasteiger partial charge on any atom is -0.362 e. The zero-order chi connectivity index (χ0) is 14.0. The Hall–Kier alpha value is -0.460. The summed E-state index contributed by atoms with van der Waals surface area (Å²) in [5.74, 6) is -3.29. The Morgan fingerprint density at radius 3 is 2.50 bits per heavy atom. The third kappa shape index (κ3) is 4.33. The maximum atomic E-state index is 12.7. The molecule has 7 heteroatoms. The third-order valence-electron chi connectivity index (χ3n) is 2.74. The van der Waals surface area contributed by atoms with E-state index in [1.54, 1.807) is 0 Å². The van der Waals surface area contributed by atoms with Crippen molar-refractivity contribution in [2.45, 2.75) is 45.6 Å². The molecule has 18 heavy (non-hydrogen) atoms. The van der Waals surface area contributed by atoms with Gasteiger partial charge < -0.3 is 5.32 Å². The van der Waals surface area contributed by atoms with Crippen LogP contribution in [-0.4, -0.2) is 35.9 Å². The largest absolute Gasteiger partial charge is 0.362 e. The van der Waals surface area contributed by atoms with Gasteiger partial charge in [-0.05, 0) is 11.8 Å². The van der Waals surface area contributed by atoms with E-state index in [1.165, 1.54) is 11.8 Å². The molecule has 2 nitrogen and oxygen atoms in total. The van der Waals surface area contributed by atoms with Crippen LogP contribution in [0.15, 0.2) is 4.99 Å². The maximum Gasteiger partial charge on any atom is 0.326 e. The molecule has 1 heterocycles. The summed E-state index contributed by atoms with van der Waals surface area (Å²) in [6, 6.07) is 0.123. The summed E-state index contributed by atoms with van der Waals surface area (Å²) in [5.41, 5.74) is -0.0209.